The van der Waals surface area contributed by atoms with Gasteiger partial charge in [-0.05, 0) is 38.8 Å². The highest BCUT2D eigenvalue weighted by atomic mass is 16.2. The van der Waals surface area contributed by atoms with Gasteiger partial charge in [-0.2, -0.15) is 0 Å². The van der Waals surface area contributed by atoms with Crippen LogP contribution in [0.3, 0.4) is 0 Å². The van der Waals surface area contributed by atoms with Crippen LogP contribution in [0.25, 0.3) is 0 Å². The van der Waals surface area contributed by atoms with E-state index in [4.69, 9.17) is 0 Å². The molecule has 0 bridgehead atoms. The fourth-order valence-electron chi connectivity index (χ4n) is 3.17. The van der Waals surface area contributed by atoms with Crippen LogP contribution in [0.2, 0.25) is 0 Å². The molecule has 0 heterocycles. The molecule has 110 valence electrons. The zero-order valence-corrected chi connectivity index (χ0v) is 12.9. The normalized spacial score (nSPS) is 15.9. The van der Waals surface area contributed by atoms with Gasteiger partial charge < -0.3 is 10.2 Å². The van der Waals surface area contributed by atoms with Gasteiger partial charge in [0, 0.05) is 25.3 Å². The lowest BCUT2D eigenvalue weighted by molar-refractivity contribution is 0.0649. The van der Waals surface area contributed by atoms with E-state index in [1.807, 2.05) is 32.2 Å². The maximum atomic E-state index is 12.9. The van der Waals surface area contributed by atoms with Crippen LogP contribution in [0.1, 0.15) is 54.9 Å². The average molecular weight is 274 g/mol. The first kappa shape index (κ1) is 14.9. The topological polar surface area (TPSA) is 32.3 Å². The third-order valence-electron chi connectivity index (χ3n) is 4.29. The molecule has 1 saturated carbocycles. The summed E-state index contributed by atoms with van der Waals surface area (Å²) in [4.78, 5) is 15.0. The van der Waals surface area contributed by atoms with Gasteiger partial charge in [-0.1, -0.05) is 30.9 Å². The fourth-order valence-corrected chi connectivity index (χ4v) is 3.17. The number of carbonyl (C=O) groups is 1. The summed E-state index contributed by atoms with van der Waals surface area (Å²) >= 11 is 0. The molecule has 1 amide bonds. The van der Waals surface area contributed by atoms with Crippen molar-refractivity contribution in [1.29, 1.82) is 0 Å². The first-order valence-electron chi connectivity index (χ1n) is 7.76. The summed E-state index contributed by atoms with van der Waals surface area (Å²) < 4.78 is 0. The molecule has 20 heavy (non-hydrogen) atoms. The van der Waals surface area contributed by atoms with Crippen molar-refractivity contribution >= 4 is 11.6 Å². The molecule has 0 saturated heterocycles. The van der Waals surface area contributed by atoms with Crippen molar-refractivity contribution in [2.45, 2.75) is 52.0 Å². The number of nitrogens with zero attached hydrogens (tertiary/aromatic N) is 1. The van der Waals surface area contributed by atoms with Gasteiger partial charge in [0.2, 0.25) is 0 Å². The minimum absolute atomic E-state index is 0.174. The van der Waals surface area contributed by atoms with Gasteiger partial charge in [-0.3, -0.25) is 4.79 Å². The Morgan fingerprint density at radius 3 is 2.60 bits per heavy atom. The Bertz CT molecular complexity index is 464. The lowest BCUT2D eigenvalue weighted by Gasteiger charge is -2.34. The maximum Gasteiger partial charge on any atom is 0.256 e. The number of nitrogens with one attached hydrogen (secondary N) is 1. The highest BCUT2D eigenvalue weighted by Gasteiger charge is 2.26. The maximum absolute atomic E-state index is 12.9. The molecule has 1 aromatic carbocycles. The van der Waals surface area contributed by atoms with Crippen LogP contribution in [0, 0.1) is 6.92 Å². The molecule has 1 aliphatic rings. The third kappa shape index (κ3) is 3.14. The number of carbonyl (C=O) groups excluding carboxylic acids is 1. The van der Waals surface area contributed by atoms with E-state index in [1.165, 1.54) is 19.3 Å². The molecule has 0 aliphatic heterocycles. The van der Waals surface area contributed by atoms with E-state index >= 15 is 0 Å². The summed E-state index contributed by atoms with van der Waals surface area (Å²) in [5.74, 6) is 0.174. The molecular weight excluding hydrogens is 248 g/mol. The van der Waals surface area contributed by atoms with Crippen molar-refractivity contribution < 1.29 is 4.79 Å². The Hall–Kier alpha value is -1.51. The van der Waals surface area contributed by atoms with Crippen LogP contribution in [-0.2, 0) is 0 Å². The van der Waals surface area contributed by atoms with Crippen molar-refractivity contribution in [3.05, 3.63) is 29.3 Å². The van der Waals surface area contributed by atoms with Crippen LogP contribution in [0.15, 0.2) is 18.2 Å². The van der Waals surface area contributed by atoms with E-state index < -0.39 is 0 Å². The first-order chi connectivity index (χ1) is 9.67. The van der Waals surface area contributed by atoms with E-state index in [0.717, 1.165) is 36.2 Å². The number of hydrogen-bond donors (Lipinski definition) is 1. The molecule has 0 atom stereocenters. The SMILES string of the molecule is CCN(C(=O)c1cc(C)ccc1NC)C1CCCCC1. The smallest absolute Gasteiger partial charge is 0.256 e. The molecule has 0 unspecified atom stereocenters. The molecule has 0 aromatic heterocycles. The summed E-state index contributed by atoms with van der Waals surface area (Å²) in [6, 6.07) is 6.46. The molecule has 0 radical (unpaired) electrons. The molecule has 2 rings (SSSR count). The zero-order chi connectivity index (χ0) is 14.5. The van der Waals surface area contributed by atoms with E-state index in [0.29, 0.717) is 6.04 Å². The van der Waals surface area contributed by atoms with Gasteiger partial charge >= 0.3 is 0 Å². The second-order valence-corrected chi connectivity index (χ2v) is 5.68. The van der Waals surface area contributed by atoms with E-state index in [1.54, 1.807) is 0 Å². The monoisotopic (exact) mass is 274 g/mol. The average Bonchev–Trinajstić information content (AvgIpc) is 2.49. The summed E-state index contributed by atoms with van der Waals surface area (Å²) in [6.45, 7) is 4.91. The lowest BCUT2D eigenvalue weighted by Crippen LogP contribution is -2.41. The van der Waals surface area contributed by atoms with Crippen LogP contribution in [0.5, 0.6) is 0 Å². The Balaban J connectivity index is 2.25. The van der Waals surface area contributed by atoms with Crippen LogP contribution in [0.4, 0.5) is 5.69 Å². The summed E-state index contributed by atoms with van der Waals surface area (Å²) in [6.07, 6.45) is 6.12. The van der Waals surface area contributed by atoms with Gasteiger partial charge in [0.25, 0.3) is 5.91 Å². The van der Waals surface area contributed by atoms with Crippen LogP contribution in [-0.4, -0.2) is 30.4 Å². The molecule has 3 nitrogen and oxygen atoms in total. The minimum atomic E-state index is 0.174. The number of benzene rings is 1. The molecule has 3 heteroatoms. The first-order valence-corrected chi connectivity index (χ1v) is 7.76. The van der Waals surface area contributed by atoms with Crippen molar-refractivity contribution in [3.8, 4) is 0 Å². The lowest BCUT2D eigenvalue weighted by atomic mass is 9.93. The molecule has 0 spiro atoms. The van der Waals surface area contributed by atoms with Gasteiger partial charge in [0.1, 0.15) is 0 Å². The second-order valence-electron chi connectivity index (χ2n) is 5.68. The molecule has 1 aromatic rings. The summed E-state index contributed by atoms with van der Waals surface area (Å²) in [5.41, 5.74) is 2.86. The van der Waals surface area contributed by atoms with Gasteiger partial charge in [-0.25, -0.2) is 0 Å². The van der Waals surface area contributed by atoms with Crippen molar-refractivity contribution in [1.82, 2.24) is 4.90 Å². The standard InChI is InChI=1S/C17H26N2O/c1-4-19(14-8-6-5-7-9-14)17(20)15-12-13(2)10-11-16(15)18-3/h10-12,14,18H,4-9H2,1-3H3. The number of aryl methyl sites for hydroxylation is 1. The van der Waals surface area contributed by atoms with Gasteiger partial charge in [0.15, 0.2) is 0 Å². The highest BCUT2D eigenvalue weighted by molar-refractivity contribution is 6.00. The third-order valence-corrected chi connectivity index (χ3v) is 4.29. The molecular formula is C17H26N2O. The van der Waals surface area contributed by atoms with Crippen molar-refractivity contribution in [3.63, 3.8) is 0 Å². The van der Waals surface area contributed by atoms with Gasteiger partial charge in [-0.15, -0.1) is 0 Å². The number of amides is 1. The van der Waals surface area contributed by atoms with E-state index in [-0.39, 0.29) is 5.91 Å². The van der Waals surface area contributed by atoms with Crippen LogP contribution >= 0.6 is 0 Å². The summed E-state index contributed by atoms with van der Waals surface area (Å²) in [7, 11) is 1.87. The number of hydrogen-bond acceptors (Lipinski definition) is 2. The largest absolute Gasteiger partial charge is 0.387 e. The molecule has 1 fully saturated rings. The highest BCUT2D eigenvalue weighted by Crippen LogP contribution is 2.26. The minimum Gasteiger partial charge on any atom is -0.387 e. The molecule has 1 aliphatic carbocycles. The Labute approximate surface area is 122 Å². The fraction of sp³-hybridized carbons (Fsp3) is 0.588. The zero-order valence-electron chi connectivity index (χ0n) is 12.9. The van der Waals surface area contributed by atoms with Crippen molar-refractivity contribution in [2.24, 2.45) is 0 Å². The number of rotatable bonds is 4. The Morgan fingerprint density at radius 1 is 1.30 bits per heavy atom. The predicted molar refractivity (Wildman–Crippen MR) is 84.3 cm³/mol. The second kappa shape index (κ2) is 6.78. The molecule has 1 N–H and O–H groups in total. The van der Waals surface area contributed by atoms with E-state index in [9.17, 15) is 4.79 Å². The van der Waals surface area contributed by atoms with Crippen LogP contribution < -0.4 is 5.32 Å². The Morgan fingerprint density at radius 2 is 2.00 bits per heavy atom. The number of anilines is 1. The van der Waals surface area contributed by atoms with Gasteiger partial charge in [0.05, 0.1) is 5.56 Å². The van der Waals surface area contributed by atoms with E-state index in [2.05, 4.69) is 17.1 Å². The summed E-state index contributed by atoms with van der Waals surface area (Å²) in [5, 5.41) is 3.14. The van der Waals surface area contributed by atoms with Crippen molar-refractivity contribution in [2.75, 3.05) is 18.9 Å². The predicted octanol–water partition coefficient (Wildman–Crippen LogP) is 3.83. The quantitative estimate of drug-likeness (QED) is 0.905. The Kier molecular flexibility index (Phi) is 5.05.